The topological polar surface area (TPSA) is 107 Å². The van der Waals surface area contributed by atoms with Crippen molar-refractivity contribution >= 4 is 16.0 Å². The van der Waals surface area contributed by atoms with Gasteiger partial charge in [0.1, 0.15) is 11.9 Å². The molecule has 8 heteroatoms. The van der Waals surface area contributed by atoms with Gasteiger partial charge in [0, 0.05) is 6.54 Å². The zero-order chi connectivity index (χ0) is 16.2. The summed E-state index contributed by atoms with van der Waals surface area (Å²) in [6.07, 6.45) is 0. The first-order valence-corrected chi connectivity index (χ1v) is 7.59. The highest BCUT2D eigenvalue weighted by atomic mass is 32.2. The van der Waals surface area contributed by atoms with Gasteiger partial charge in [-0.3, -0.25) is 4.79 Å². The lowest BCUT2D eigenvalue weighted by molar-refractivity contribution is -0.142. The summed E-state index contributed by atoms with van der Waals surface area (Å²) in [5, 5.41) is 17.7. The summed E-state index contributed by atoms with van der Waals surface area (Å²) in [6, 6.07) is 4.35. The second-order valence-corrected chi connectivity index (χ2v) is 6.56. The predicted molar refractivity (Wildman–Crippen MR) is 72.3 cm³/mol. The van der Waals surface area contributed by atoms with Crippen LogP contribution in [0.15, 0.2) is 23.1 Å². The molecule has 1 rings (SSSR count). The number of sulfonamides is 1. The summed E-state index contributed by atoms with van der Waals surface area (Å²) >= 11 is 0. The molecule has 21 heavy (non-hydrogen) atoms. The normalized spacial score (nSPS) is 12.9. The van der Waals surface area contributed by atoms with Crippen molar-refractivity contribution in [2.24, 2.45) is 11.8 Å². The molecule has 0 saturated heterocycles. The number of carbonyl (C=O) groups is 1. The Morgan fingerprint density at radius 1 is 1.48 bits per heavy atom. The number of rotatable bonds is 6. The summed E-state index contributed by atoms with van der Waals surface area (Å²) in [6.45, 7) is 3.05. The van der Waals surface area contributed by atoms with Crippen molar-refractivity contribution < 1.29 is 22.7 Å². The summed E-state index contributed by atoms with van der Waals surface area (Å²) in [7, 11) is -4.00. The number of aliphatic carboxylic acids is 1. The minimum absolute atomic E-state index is 0.256. The highest BCUT2D eigenvalue weighted by Gasteiger charge is 2.24. The molecule has 0 aromatic heterocycles. The summed E-state index contributed by atoms with van der Waals surface area (Å²) in [5.41, 5.74) is -0.392. The molecule has 0 fully saturated rings. The maximum absolute atomic E-state index is 13.2. The molecule has 1 unspecified atom stereocenters. The number of carboxylic acid groups (broad SMARTS) is 1. The van der Waals surface area contributed by atoms with Crippen LogP contribution in [0.1, 0.15) is 19.4 Å². The van der Waals surface area contributed by atoms with Crippen LogP contribution in [0.25, 0.3) is 0 Å². The number of hydrogen-bond donors (Lipinski definition) is 2. The Bertz CT molecular complexity index is 680. The van der Waals surface area contributed by atoms with Gasteiger partial charge in [-0.25, -0.2) is 17.5 Å². The van der Waals surface area contributed by atoms with E-state index in [9.17, 15) is 17.6 Å². The minimum atomic E-state index is -4.00. The van der Waals surface area contributed by atoms with Crippen LogP contribution in [0.2, 0.25) is 0 Å². The number of nitriles is 1. The maximum Gasteiger partial charge on any atom is 0.308 e. The third-order valence-electron chi connectivity index (χ3n) is 2.98. The molecule has 0 bridgehead atoms. The van der Waals surface area contributed by atoms with E-state index in [1.807, 2.05) is 0 Å². The molecule has 0 radical (unpaired) electrons. The van der Waals surface area contributed by atoms with E-state index in [4.69, 9.17) is 10.4 Å². The van der Waals surface area contributed by atoms with Crippen LogP contribution in [0.3, 0.4) is 0 Å². The van der Waals surface area contributed by atoms with Crippen molar-refractivity contribution in [3.63, 3.8) is 0 Å². The van der Waals surface area contributed by atoms with Crippen LogP contribution in [0.5, 0.6) is 0 Å². The van der Waals surface area contributed by atoms with Crippen LogP contribution < -0.4 is 4.72 Å². The van der Waals surface area contributed by atoms with E-state index in [2.05, 4.69) is 4.72 Å². The molecule has 0 amide bonds. The van der Waals surface area contributed by atoms with Crippen molar-refractivity contribution in [2.75, 3.05) is 6.54 Å². The molecule has 114 valence electrons. The quantitative estimate of drug-likeness (QED) is 0.823. The molecule has 0 heterocycles. The van der Waals surface area contributed by atoms with E-state index in [0.717, 1.165) is 18.2 Å². The Balaban J connectivity index is 2.97. The van der Waals surface area contributed by atoms with Gasteiger partial charge in [0.2, 0.25) is 10.0 Å². The minimum Gasteiger partial charge on any atom is -0.481 e. The molecular formula is C13H15FN2O4S. The fourth-order valence-electron chi connectivity index (χ4n) is 1.65. The zero-order valence-corrected chi connectivity index (χ0v) is 12.3. The first-order chi connectivity index (χ1) is 9.69. The Morgan fingerprint density at radius 2 is 2.10 bits per heavy atom. The number of halogens is 1. The predicted octanol–water partition coefficient (Wildman–Crippen LogP) is 1.33. The molecule has 1 aromatic carbocycles. The van der Waals surface area contributed by atoms with Crippen LogP contribution in [0, 0.1) is 29.0 Å². The fourth-order valence-corrected chi connectivity index (χ4v) is 2.73. The molecule has 0 aliphatic rings. The Kier molecular flexibility index (Phi) is 5.41. The summed E-state index contributed by atoms with van der Waals surface area (Å²) in [4.78, 5) is 10.7. The Morgan fingerprint density at radius 3 is 2.57 bits per heavy atom. The second-order valence-electron chi connectivity index (χ2n) is 4.79. The highest BCUT2D eigenvalue weighted by Crippen LogP contribution is 2.16. The number of carboxylic acids is 1. The number of benzene rings is 1. The molecule has 0 aliphatic carbocycles. The van der Waals surface area contributed by atoms with Crippen LogP contribution in [-0.4, -0.2) is 26.0 Å². The van der Waals surface area contributed by atoms with E-state index in [1.165, 1.54) is 0 Å². The number of nitrogens with one attached hydrogen (secondary N) is 1. The number of nitrogens with zero attached hydrogens (tertiary/aromatic N) is 1. The van der Waals surface area contributed by atoms with Gasteiger partial charge in [0.05, 0.1) is 16.4 Å². The molecular weight excluding hydrogens is 299 g/mol. The van der Waals surface area contributed by atoms with E-state index >= 15 is 0 Å². The van der Waals surface area contributed by atoms with Crippen molar-refractivity contribution in [3.8, 4) is 6.07 Å². The molecule has 0 saturated carbocycles. The highest BCUT2D eigenvalue weighted by molar-refractivity contribution is 7.89. The Labute approximate surface area is 122 Å². The molecule has 1 atom stereocenters. The van der Waals surface area contributed by atoms with Gasteiger partial charge in [0.15, 0.2) is 0 Å². The van der Waals surface area contributed by atoms with Crippen LogP contribution in [0.4, 0.5) is 4.39 Å². The van der Waals surface area contributed by atoms with Gasteiger partial charge in [0.25, 0.3) is 0 Å². The first-order valence-electron chi connectivity index (χ1n) is 6.11. The second kappa shape index (κ2) is 6.65. The van der Waals surface area contributed by atoms with Crippen molar-refractivity contribution in [1.29, 1.82) is 5.26 Å². The van der Waals surface area contributed by atoms with E-state index in [1.54, 1.807) is 19.9 Å². The largest absolute Gasteiger partial charge is 0.481 e. The summed E-state index contributed by atoms with van der Waals surface area (Å²) < 4.78 is 39.4. The van der Waals surface area contributed by atoms with Gasteiger partial charge in [-0.2, -0.15) is 5.26 Å². The number of hydrogen-bond acceptors (Lipinski definition) is 4. The zero-order valence-electron chi connectivity index (χ0n) is 11.5. The van der Waals surface area contributed by atoms with Gasteiger partial charge >= 0.3 is 5.97 Å². The monoisotopic (exact) mass is 314 g/mol. The van der Waals surface area contributed by atoms with E-state index in [-0.39, 0.29) is 17.4 Å². The van der Waals surface area contributed by atoms with Crippen LogP contribution in [-0.2, 0) is 14.8 Å². The maximum atomic E-state index is 13.2. The molecule has 0 spiro atoms. The summed E-state index contributed by atoms with van der Waals surface area (Å²) in [5.74, 6) is -3.06. The smallest absolute Gasteiger partial charge is 0.308 e. The van der Waals surface area contributed by atoms with E-state index in [0.29, 0.717) is 0 Å². The van der Waals surface area contributed by atoms with Gasteiger partial charge < -0.3 is 5.11 Å². The van der Waals surface area contributed by atoms with Crippen molar-refractivity contribution in [3.05, 3.63) is 29.6 Å². The van der Waals surface area contributed by atoms with Crippen molar-refractivity contribution in [1.82, 2.24) is 4.72 Å². The lowest BCUT2D eigenvalue weighted by atomic mass is 9.97. The molecule has 1 aromatic rings. The van der Waals surface area contributed by atoms with E-state index < -0.39 is 33.3 Å². The molecule has 0 aliphatic heterocycles. The SMILES string of the molecule is CC(C)C(CNS(=O)(=O)c1ccc(F)c(C#N)c1)C(=O)O. The molecule has 2 N–H and O–H groups in total. The Hall–Kier alpha value is -1.98. The lowest BCUT2D eigenvalue weighted by Crippen LogP contribution is -2.35. The van der Waals surface area contributed by atoms with Gasteiger partial charge in [-0.1, -0.05) is 13.8 Å². The average molecular weight is 314 g/mol. The van der Waals surface area contributed by atoms with Crippen molar-refractivity contribution in [2.45, 2.75) is 18.7 Å². The standard InChI is InChI=1S/C13H15FN2O4S/c1-8(2)11(13(17)18)7-16-21(19,20)10-3-4-12(14)9(5-10)6-15/h3-5,8,11,16H,7H2,1-2H3,(H,17,18). The molecule has 6 nitrogen and oxygen atoms in total. The lowest BCUT2D eigenvalue weighted by Gasteiger charge is -2.16. The third-order valence-corrected chi connectivity index (χ3v) is 4.41. The fraction of sp³-hybridized carbons (Fsp3) is 0.385. The first kappa shape index (κ1) is 17.1. The third kappa shape index (κ3) is 4.24. The van der Waals surface area contributed by atoms with Crippen LogP contribution >= 0.6 is 0 Å². The average Bonchev–Trinajstić information content (AvgIpc) is 2.38. The van der Waals surface area contributed by atoms with Gasteiger partial charge in [-0.05, 0) is 24.1 Å². The van der Waals surface area contributed by atoms with Gasteiger partial charge in [-0.15, -0.1) is 0 Å².